The topological polar surface area (TPSA) is 0 Å². The maximum atomic E-state index is 4.01. The summed E-state index contributed by atoms with van der Waals surface area (Å²) < 4.78 is 0. The molecule has 0 fully saturated rings. The molecule has 68 valence electrons. The van der Waals surface area contributed by atoms with Crippen LogP contribution in [0.3, 0.4) is 0 Å². The predicted octanol–water partition coefficient (Wildman–Crippen LogP) is 1.79. The van der Waals surface area contributed by atoms with E-state index in [1.54, 1.807) is 0 Å². The van der Waals surface area contributed by atoms with Crippen LogP contribution in [0.15, 0.2) is 48.5 Å². The normalized spacial score (nSPS) is 12.6. The van der Waals surface area contributed by atoms with Gasteiger partial charge in [0.15, 0.2) is 0 Å². The van der Waals surface area contributed by atoms with Gasteiger partial charge in [-0.05, 0) is 20.9 Å². The molecule has 2 rings (SSSR count). The Hall–Kier alpha value is -1.82. The quantitative estimate of drug-likeness (QED) is 0.580. The third kappa shape index (κ3) is 1.47. The van der Waals surface area contributed by atoms with Crippen molar-refractivity contribution in [3.8, 4) is 0 Å². The average molecular weight is 180 g/mol. The molecule has 0 atom stereocenters. The number of hydrogen-bond donors (Lipinski definition) is 0. The van der Waals surface area contributed by atoms with Crippen molar-refractivity contribution < 1.29 is 0 Å². The zero-order chi connectivity index (χ0) is 9.97. The Kier molecular flexibility index (Phi) is 2.19. The fraction of sp³-hybridized carbons (Fsp3) is 0. The minimum absolute atomic E-state index is 1.05. The van der Waals surface area contributed by atoms with E-state index in [1.165, 1.54) is 0 Å². The van der Waals surface area contributed by atoms with E-state index in [4.69, 9.17) is 0 Å². The third-order valence-electron chi connectivity index (χ3n) is 2.32. The molecule has 0 saturated carbocycles. The second-order valence-electron chi connectivity index (χ2n) is 3.31. The molecule has 0 N–H and O–H groups in total. The van der Waals surface area contributed by atoms with Gasteiger partial charge in [-0.3, -0.25) is 0 Å². The van der Waals surface area contributed by atoms with Crippen LogP contribution in [0.1, 0.15) is 0 Å². The van der Waals surface area contributed by atoms with Gasteiger partial charge in [-0.1, -0.05) is 61.7 Å². The van der Waals surface area contributed by atoms with Crippen molar-refractivity contribution in [3.05, 3.63) is 69.4 Å². The molecule has 0 aromatic heterocycles. The van der Waals surface area contributed by atoms with Crippen molar-refractivity contribution in [3.63, 3.8) is 0 Å². The maximum absolute atomic E-state index is 4.01. The van der Waals surface area contributed by atoms with Gasteiger partial charge in [0.25, 0.3) is 0 Å². The van der Waals surface area contributed by atoms with Gasteiger partial charge in [0.2, 0.25) is 0 Å². The molecule has 0 aliphatic rings. The molecule has 0 heteroatoms. The van der Waals surface area contributed by atoms with Gasteiger partial charge >= 0.3 is 0 Å². The Morgan fingerprint density at radius 3 is 1.29 bits per heavy atom. The Balaban J connectivity index is 3.15. The Morgan fingerprint density at radius 2 is 0.929 bits per heavy atom. The van der Waals surface area contributed by atoms with Gasteiger partial charge in [-0.15, -0.1) is 0 Å². The van der Waals surface area contributed by atoms with E-state index < -0.39 is 0 Å². The highest BCUT2D eigenvalue weighted by molar-refractivity contribution is 5.21. The van der Waals surface area contributed by atoms with Crippen LogP contribution in [0, 0.1) is 10.4 Å². The molecule has 0 unspecified atom stereocenters. The Labute approximate surface area is 83.1 Å². The molecule has 0 spiro atoms. The van der Waals surface area contributed by atoms with Crippen LogP contribution < -0.4 is 10.4 Å². The molecule has 0 amide bonds. The molecule has 0 bridgehead atoms. The summed E-state index contributed by atoms with van der Waals surface area (Å²) in [6.45, 7) is 8.02. The molecule has 2 aromatic carbocycles. The molecule has 14 heavy (non-hydrogen) atoms. The van der Waals surface area contributed by atoms with Crippen LogP contribution >= 0.6 is 0 Å². The minimum Gasteiger partial charge on any atom is -0.0911 e. The van der Waals surface area contributed by atoms with Gasteiger partial charge < -0.3 is 0 Å². The number of hydrogen-bond acceptors (Lipinski definition) is 0. The summed E-state index contributed by atoms with van der Waals surface area (Å²) >= 11 is 0. The zero-order valence-corrected chi connectivity index (χ0v) is 8.03. The average Bonchev–Trinajstić information content (AvgIpc) is 2.20. The Bertz CT molecular complexity index is 566. The summed E-state index contributed by atoms with van der Waals surface area (Å²) in [6.07, 6.45) is 0. The van der Waals surface area contributed by atoms with Crippen molar-refractivity contribution in [1.82, 2.24) is 0 Å². The van der Waals surface area contributed by atoms with E-state index in [-0.39, 0.29) is 0 Å². The first kappa shape index (κ1) is 8.76. The van der Waals surface area contributed by atoms with Gasteiger partial charge in [-0.25, -0.2) is 0 Å². The highest BCUT2D eigenvalue weighted by atomic mass is 13.9. The zero-order valence-electron chi connectivity index (χ0n) is 8.03. The second-order valence-corrected chi connectivity index (χ2v) is 3.31. The molecule has 0 radical (unpaired) electrons. The highest BCUT2D eigenvalue weighted by Crippen LogP contribution is 1.87. The lowest BCUT2D eigenvalue weighted by Crippen LogP contribution is -2.05. The predicted molar refractivity (Wildman–Crippen MR) is 60.9 cm³/mol. The molecule has 0 aliphatic heterocycles. The summed E-state index contributed by atoms with van der Waals surface area (Å²) in [5, 5.41) is 4.42. The van der Waals surface area contributed by atoms with E-state index in [9.17, 15) is 0 Å². The van der Waals surface area contributed by atoms with E-state index >= 15 is 0 Å². The summed E-state index contributed by atoms with van der Waals surface area (Å²) in [5.74, 6) is 0. The summed E-state index contributed by atoms with van der Waals surface area (Å²) in [7, 11) is 0. The molecular weight excluding hydrogens is 168 g/mol. The third-order valence-corrected chi connectivity index (χ3v) is 2.32. The first-order valence-corrected chi connectivity index (χ1v) is 4.61. The van der Waals surface area contributed by atoms with Crippen molar-refractivity contribution in [1.29, 1.82) is 0 Å². The van der Waals surface area contributed by atoms with Crippen LogP contribution in [0.5, 0.6) is 0 Å². The van der Waals surface area contributed by atoms with Gasteiger partial charge in [0.05, 0.1) is 0 Å². The molecular formula is C14H12. The fourth-order valence-corrected chi connectivity index (χ4v) is 1.57. The standard InChI is InChI=1S/C14H12/c1-11-7-3-5-9-13(11)14-10-6-4-8-12(14)2/h3-10H,1-2H2/b14-13+. The molecule has 2 aromatic rings. The van der Waals surface area contributed by atoms with E-state index in [0.29, 0.717) is 0 Å². The summed E-state index contributed by atoms with van der Waals surface area (Å²) in [6, 6.07) is 16.2. The molecule has 0 nitrogen and oxygen atoms in total. The van der Waals surface area contributed by atoms with Crippen molar-refractivity contribution >= 4 is 13.2 Å². The SMILES string of the molecule is C=c1cccc/c1=c1/ccccc1=C. The lowest BCUT2D eigenvalue weighted by molar-refractivity contribution is 1.41. The van der Waals surface area contributed by atoms with Gasteiger partial charge in [-0.2, -0.15) is 0 Å². The van der Waals surface area contributed by atoms with Crippen LogP contribution in [-0.4, -0.2) is 0 Å². The molecule has 0 heterocycles. The van der Waals surface area contributed by atoms with Crippen LogP contribution in [0.4, 0.5) is 0 Å². The van der Waals surface area contributed by atoms with Crippen LogP contribution in [0.2, 0.25) is 0 Å². The van der Waals surface area contributed by atoms with Gasteiger partial charge in [0.1, 0.15) is 0 Å². The van der Waals surface area contributed by atoms with Crippen molar-refractivity contribution in [2.75, 3.05) is 0 Å². The van der Waals surface area contributed by atoms with Crippen molar-refractivity contribution in [2.24, 2.45) is 0 Å². The fourth-order valence-electron chi connectivity index (χ4n) is 1.57. The number of benzene rings is 2. The van der Waals surface area contributed by atoms with E-state index in [1.807, 2.05) is 36.4 Å². The lowest BCUT2D eigenvalue weighted by Gasteiger charge is -1.90. The highest BCUT2D eigenvalue weighted by Gasteiger charge is 1.84. The summed E-state index contributed by atoms with van der Waals surface area (Å²) in [4.78, 5) is 0. The van der Waals surface area contributed by atoms with Gasteiger partial charge in [0, 0.05) is 0 Å². The van der Waals surface area contributed by atoms with Crippen LogP contribution in [-0.2, 0) is 0 Å². The molecule has 0 saturated heterocycles. The van der Waals surface area contributed by atoms with Crippen LogP contribution in [0.25, 0.3) is 13.2 Å². The maximum Gasteiger partial charge on any atom is -0.0112 e. The Morgan fingerprint density at radius 1 is 0.571 bits per heavy atom. The largest absolute Gasteiger partial charge is 0.0911 e. The molecule has 0 aliphatic carbocycles. The first-order valence-electron chi connectivity index (χ1n) is 4.61. The summed E-state index contributed by atoms with van der Waals surface area (Å²) in [5.41, 5.74) is 0. The smallest absolute Gasteiger partial charge is 0.0112 e. The minimum atomic E-state index is 1.05. The number of rotatable bonds is 0. The lowest BCUT2D eigenvalue weighted by atomic mass is 10.1. The van der Waals surface area contributed by atoms with Crippen molar-refractivity contribution in [2.45, 2.75) is 0 Å². The first-order chi connectivity index (χ1) is 6.79. The monoisotopic (exact) mass is 180 g/mol. The van der Waals surface area contributed by atoms with E-state index in [2.05, 4.69) is 25.3 Å². The van der Waals surface area contributed by atoms with E-state index in [0.717, 1.165) is 20.9 Å². The second kappa shape index (κ2) is 3.51.